The van der Waals surface area contributed by atoms with Crippen molar-refractivity contribution in [3.8, 4) is 0 Å². The second-order valence-electron chi connectivity index (χ2n) is 6.43. The molecule has 1 N–H and O–H groups in total. The first-order valence-electron chi connectivity index (χ1n) is 8.66. The molecule has 0 unspecified atom stereocenters. The highest BCUT2D eigenvalue weighted by Crippen LogP contribution is 2.30. The van der Waals surface area contributed by atoms with E-state index in [4.69, 9.17) is 0 Å². The molecule has 2 heterocycles. The summed E-state index contributed by atoms with van der Waals surface area (Å²) in [5.41, 5.74) is 2.79. The Bertz CT molecular complexity index is 1120. The summed E-state index contributed by atoms with van der Waals surface area (Å²) < 4.78 is 28.8. The lowest BCUT2D eigenvalue weighted by Crippen LogP contribution is -2.36. The third-order valence-corrected chi connectivity index (χ3v) is 8.11. The van der Waals surface area contributed by atoms with Crippen molar-refractivity contribution in [2.75, 3.05) is 11.9 Å². The van der Waals surface area contributed by atoms with Crippen LogP contribution in [0.15, 0.2) is 69.3 Å². The number of nitrogens with one attached hydrogen (secondary N) is 1. The molecule has 0 radical (unpaired) electrons. The summed E-state index contributed by atoms with van der Waals surface area (Å²) in [6.45, 7) is 0.727. The lowest BCUT2D eigenvalue weighted by Gasteiger charge is -2.28. The summed E-state index contributed by atoms with van der Waals surface area (Å²) in [6, 6.07) is 16.5. The van der Waals surface area contributed by atoms with Gasteiger partial charge in [0, 0.05) is 23.2 Å². The molecule has 0 atom stereocenters. The standard InChI is InChI=1S/C20H17BrN2O3S2/c21-16-5-7-17(8-6-16)22-20(24)19-18(10-12-27-19)28(25,26)23-11-9-14-3-1-2-4-15(14)13-23/h1-8,10,12H,9,11,13H2,(H,22,24). The van der Waals surface area contributed by atoms with Crippen molar-refractivity contribution in [3.05, 3.63) is 80.5 Å². The van der Waals surface area contributed by atoms with E-state index < -0.39 is 15.9 Å². The maximum Gasteiger partial charge on any atom is 0.267 e. The Hall–Kier alpha value is -2.00. The van der Waals surface area contributed by atoms with Crippen LogP contribution in [-0.2, 0) is 23.0 Å². The molecular weight excluding hydrogens is 460 g/mol. The number of carbonyl (C=O) groups is 1. The van der Waals surface area contributed by atoms with Crippen LogP contribution < -0.4 is 5.32 Å². The van der Waals surface area contributed by atoms with E-state index in [1.54, 1.807) is 17.5 Å². The van der Waals surface area contributed by atoms with Crippen LogP contribution in [-0.4, -0.2) is 25.2 Å². The molecule has 1 aliphatic heterocycles. The largest absolute Gasteiger partial charge is 0.321 e. The average Bonchev–Trinajstić information content (AvgIpc) is 3.20. The second kappa shape index (κ2) is 7.79. The number of carbonyl (C=O) groups excluding carboxylic acids is 1. The van der Waals surface area contributed by atoms with Gasteiger partial charge in [0.2, 0.25) is 10.0 Å². The number of thiophene rings is 1. The number of amides is 1. The van der Waals surface area contributed by atoms with Crippen LogP contribution >= 0.6 is 27.3 Å². The Labute approximate surface area is 176 Å². The van der Waals surface area contributed by atoms with Crippen LogP contribution in [0.5, 0.6) is 0 Å². The highest BCUT2D eigenvalue weighted by atomic mass is 79.9. The number of benzene rings is 2. The topological polar surface area (TPSA) is 66.5 Å². The summed E-state index contributed by atoms with van der Waals surface area (Å²) in [5.74, 6) is -0.423. The molecule has 8 heteroatoms. The highest BCUT2D eigenvalue weighted by molar-refractivity contribution is 9.10. The van der Waals surface area contributed by atoms with E-state index in [2.05, 4.69) is 21.2 Å². The number of hydrogen-bond donors (Lipinski definition) is 1. The minimum atomic E-state index is -3.76. The lowest BCUT2D eigenvalue weighted by molar-refractivity contribution is 0.102. The van der Waals surface area contributed by atoms with E-state index >= 15 is 0 Å². The molecule has 3 aromatic rings. The molecule has 1 aromatic heterocycles. The van der Waals surface area contributed by atoms with Gasteiger partial charge in [0.1, 0.15) is 9.77 Å². The second-order valence-corrected chi connectivity index (χ2v) is 10.2. The summed E-state index contributed by atoms with van der Waals surface area (Å²) >= 11 is 4.48. The number of halogens is 1. The van der Waals surface area contributed by atoms with Gasteiger partial charge < -0.3 is 5.32 Å². The zero-order valence-corrected chi connectivity index (χ0v) is 18.0. The van der Waals surface area contributed by atoms with E-state index in [1.165, 1.54) is 15.9 Å². The zero-order valence-electron chi connectivity index (χ0n) is 14.8. The molecule has 2 aromatic carbocycles. The maximum absolute atomic E-state index is 13.2. The Morgan fingerprint density at radius 1 is 1.04 bits per heavy atom. The molecule has 4 rings (SSSR count). The van der Waals surface area contributed by atoms with Gasteiger partial charge in [-0.1, -0.05) is 40.2 Å². The Balaban J connectivity index is 1.59. The van der Waals surface area contributed by atoms with Crippen molar-refractivity contribution in [2.24, 2.45) is 0 Å². The molecule has 0 spiro atoms. The van der Waals surface area contributed by atoms with Crippen molar-refractivity contribution >= 4 is 48.9 Å². The van der Waals surface area contributed by atoms with Gasteiger partial charge in [-0.3, -0.25) is 4.79 Å². The Kier molecular flexibility index (Phi) is 5.37. The first-order chi connectivity index (χ1) is 13.4. The molecule has 1 amide bonds. The van der Waals surface area contributed by atoms with E-state index in [1.807, 2.05) is 36.4 Å². The molecular formula is C20H17BrN2O3S2. The molecule has 0 saturated carbocycles. The van der Waals surface area contributed by atoms with Crippen LogP contribution in [0.1, 0.15) is 20.8 Å². The number of sulfonamides is 1. The predicted molar refractivity (Wildman–Crippen MR) is 114 cm³/mol. The third kappa shape index (κ3) is 3.77. The van der Waals surface area contributed by atoms with Crippen molar-refractivity contribution in [3.63, 3.8) is 0 Å². The van der Waals surface area contributed by atoms with Gasteiger partial charge >= 0.3 is 0 Å². The number of hydrogen-bond acceptors (Lipinski definition) is 4. The Morgan fingerprint density at radius 2 is 1.75 bits per heavy atom. The van der Waals surface area contributed by atoms with Crippen molar-refractivity contribution in [1.29, 1.82) is 0 Å². The minimum Gasteiger partial charge on any atom is -0.321 e. The van der Waals surface area contributed by atoms with Gasteiger partial charge in [0.15, 0.2) is 0 Å². The smallest absolute Gasteiger partial charge is 0.267 e. The van der Waals surface area contributed by atoms with Gasteiger partial charge in [0.05, 0.1) is 0 Å². The van der Waals surface area contributed by atoms with Gasteiger partial charge in [-0.25, -0.2) is 8.42 Å². The summed E-state index contributed by atoms with van der Waals surface area (Å²) in [7, 11) is -3.76. The van der Waals surface area contributed by atoms with E-state index in [0.717, 1.165) is 21.4 Å². The monoisotopic (exact) mass is 476 g/mol. The van der Waals surface area contributed by atoms with Gasteiger partial charge in [-0.15, -0.1) is 11.3 Å². The van der Waals surface area contributed by atoms with Crippen molar-refractivity contribution in [2.45, 2.75) is 17.9 Å². The molecule has 0 aliphatic carbocycles. The molecule has 1 aliphatic rings. The van der Waals surface area contributed by atoms with Gasteiger partial charge in [-0.05, 0) is 53.3 Å². The van der Waals surface area contributed by atoms with Crippen LogP contribution in [0.2, 0.25) is 0 Å². The van der Waals surface area contributed by atoms with Crippen LogP contribution in [0.4, 0.5) is 5.69 Å². The minimum absolute atomic E-state index is 0.0616. The third-order valence-electron chi connectivity index (χ3n) is 4.65. The lowest BCUT2D eigenvalue weighted by atomic mass is 10.0. The number of fused-ring (bicyclic) bond motifs is 1. The van der Waals surface area contributed by atoms with E-state index in [-0.39, 0.29) is 9.77 Å². The first-order valence-corrected chi connectivity index (χ1v) is 11.8. The molecule has 144 valence electrons. The number of rotatable bonds is 4. The summed E-state index contributed by atoms with van der Waals surface area (Å²) in [6.07, 6.45) is 0.667. The fraction of sp³-hybridized carbons (Fsp3) is 0.150. The van der Waals surface area contributed by atoms with E-state index in [9.17, 15) is 13.2 Å². The predicted octanol–water partition coefficient (Wildman–Crippen LogP) is 4.51. The Morgan fingerprint density at radius 3 is 2.50 bits per heavy atom. The molecule has 0 fully saturated rings. The summed E-state index contributed by atoms with van der Waals surface area (Å²) in [4.78, 5) is 13.0. The van der Waals surface area contributed by atoms with Crippen molar-refractivity contribution < 1.29 is 13.2 Å². The van der Waals surface area contributed by atoms with E-state index in [0.29, 0.717) is 25.2 Å². The summed E-state index contributed by atoms with van der Waals surface area (Å²) in [5, 5.41) is 4.41. The first kappa shape index (κ1) is 19.3. The van der Waals surface area contributed by atoms with Crippen LogP contribution in [0, 0.1) is 0 Å². The normalized spacial score (nSPS) is 14.5. The number of nitrogens with zero attached hydrogens (tertiary/aromatic N) is 1. The van der Waals surface area contributed by atoms with Gasteiger partial charge in [0.25, 0.3) is 5.91 Å². The molecule has 28 heavy (non-hydrogen) atoms. The fourth-order valence-corrected chi connectivity index (χ4v) is 6.18. The van der Waals surface area contributed by atoms with Gasteiger partial charge in [-0.2, -0.15) is 4.31 Å². The number of anilines is 1. The molecule has 0 bridgehead atoms. The van der Waals surface area contributed by atoms with Crippen LogP contribution in [0.25, 0.3) is 0 Å². The molecule has 5 nitrogen and oxygen atoms in total. The SMILES string of the molecule is O=C(Nc1ccc(Br)cc1)c1sccc1S(=O)(=O)N1CCc2ccccc2C1. The molecule has 0 saturated heterocycles. The maximum atomic E-state index is 13.2. The van der Waals surface area contributed by atoms with Crippen molar-refractivity contribution in [1.82, 2.24) is 4.31 Å². The quantitative estimate of drug-likeness (QED) is 0.602. The van der Waals surface area contributed by atoms with Crippen LogP contribution in [0.3, 0.4) is 0 Å². The fourth-order valence-electron chi connectivity index (χ4n) is 3.20. The average molecular weight is 477 g/mol. The zero-order chi connectivity index (χ0) is 19.7. The highest BCUT2D eigenvalue weighted by Gasteiger charge is 2.32.